The molecule has 29 heavy (non-hydrogen) atoms. The fourth-order valence-corrected chi connectivity index (χ4v) is 2.30. The van der Waals surface area contributed by atoms with Crippen LogP contribution in [0.2, 0.25) is 0 Å². The van der Waals surface area contributed by atoms with Crippen molar-refractivity contribution in [3.63, 3.8) is 0 Å². The van der Waals surface area contributed by atoms with Crippen LogP contribution in [0.1, 0.15) is 27.6 Å². The molecule has 150 valence electrons. The fraction of sp³-hybridized carbons (Fsp3) is 0.200. The number of aromatic nitrogens is 2. The van der Waals surface area contributed by atoms with E-state index < -0.39 is 18.5 Å². The number of halogens is 1. The molecule has 1 aromatic heterocycles. The van der Waals surface area contributed by atoms with Gasteiger partial charge in [0.15, 0.2) is 13.2 Å². The van der Waals surface area contributed by atoms with Gasteiger partial charge in [-0.05, 0) is 42.0 Å². The van der Waals surface area contributed by atoms with Gasteiger partial charge in [0, 0.05) is 13.5 Å². The second-order valence-electron chi connectivity index (χ2n) is 6.02. The number of amides is 1. The number of hydrogen-bond donors (Lipinski definition) is 1. The molecule has 0 saturated carbocycles. The third kappa shape index (κ3) is 6.13. The maximum Gasteiger partial charge on any atom is 0.338 e. The van der Waals surface area contributed by atoms with Gasteiger partial charge in [-0.25, -0.2) is 9.18 Å². The molecule has 9 heteroatoms. The van der Waals surface area contributed by atoms with E-state index in [-0.39, 0.29) is 24.5 Å². The van der Waals surface area contributed by atoms with Gasteiger partial charge in [-0.15, -0.1) is 0 Å². The van der Waals surface area contributed by atoms with Crippen LogP contribution in [0.5, 0.6) is 5.75 Å². The zero-order valence-corrected chi connectivity index (χ0v) is 15.6. The summed E-state index contributed by atoms with van der Waals surface area (Å²) < 4.78 is 28.2. The molecule has 8 nitrogen and oxygen atoms in total. The van der Waals surface area contributed by atoms with Crippen molar-refractivity contribution in [2.24, 2.45) is 0 Å². The van der Waals surface area contributed by atoms with E-state index in [1.165, 1.54) is 24.3 Å². The fourth-order valence-electron chi connectivity index (χ4n) is 2.30. The van der Waals surface area contributed by atoms with Gasteiger partial charge < -0.3 is 19.3 Å². The van der Waals surface area contributed by atoms with Crippen LogP contribution in [0.4, 0.5) is 4.39 Å². The Hall–Kier alpha value is -3.75. The summed E-state index contributed by atoms with van der Waals surface area (Å²) in [5.74, 6) is -0.0716. The molecule has 0 aliphatic heterocycles. The third-order valence-electron chi connectivity index (χ3n) is 3.76. The average Bonchev–Trinajstić information content (AvgIpc) is 3.15. The summed E-state index contributed by atoms with van der Waals surface area (Å²) in [4.78, 5) is 27.8. The van der Waals surface area contributed by atoms with Crippen molar-refractivity contribution in [1.29, 1.82) is 0 Å². The van der Waals surface area contributed by atoms with E-state index in [1.807, 2.05) is 0 Å². The van der Waals surface area contributed by atoms with Gasteiger partial charge in [-0.1, -0.05) is 17.3 Å². The van der Waals surface area contributed by atoms with E-state index in [1.54, 1.807) is 31.2 Å². The molecule has 0 fully saturated rings. The standard InChI is InChI=1S/C20H18FN3O5/c1-13-23-18(24-29-13)11-27-17-8-4-15(5-9-17)20(26)28-12-19(25)22-10-14-2-6-16(21)7-3-14/h2-9H,10-12H2,1H3,(H,22,25). The number of hydrogen-bond acceptors (Lipinski definition) is 7. The number of carbonyl (C=O) groups is 2. The zero-order chi connectivity index (χ0) is 20.6. The summed E-state index contributed by atoms with van der Waals surface area (Å²) in [5, 5.41) is 6.31. The van der Waals surface area contributed by atoms with E-state index >= 15 is 0 Å². The lowest BCUT2D eigenvalue weighted by Gasteiger charge is -2.08. The van der Waals surface area contributed by atoms with Gasteiger partial charge in [0.2, 0.25) is 11.7 Å². The first kappa shape index (κ1) is 20.0. The van der Waals surface area contributed by atoms with Crippen molar-refractivity contribution < 1.29 is 28.0 Å². The van der Waals surface area contributed by atoms with Gasteiger partial charge in [0.25, 0.3) is 5.91 Å². The Bertz CT molecular complexity index is 971. The largest absolute Gasteiger partial charge is 0.485 e. The number of nitrogens with zero attached hydrogens (tertiary/aromatic N) is 2. The molecular formula is C20H18FN3O5. The number of ether oxygens (including phenoxy) is 2. The van der Waals surface area contributed by atoms with E-state index in [9.17, 15) is 14.0 Å². The summed E-state index contributed by atoms with van der Waals surface area (Å²) in [5.41, 5.74) is 1.01. The number of rotatable bonds is 8. The van der Waals surface area contributed by atoms with Gasteiger partial charge in [-0.3, -0.25) is 4.79 Å². The summed E-state index contributed by atoms with van der Waals surface area (Å²) in [7, 11) is 0. The number of carbonyl (C=O) groups excluding carboxylic acids is 2. The van der Waals surface area contributed by atoms with E-state index in [0.29, 0.717) is 17.5 Å². The lowest BCUT2D eigenvalue weighted by molar-refractivity contribution is -0.124. The van der Waals surface area contributed by atoms with Crippen LogP contribution >= 0.6 is 0 Å². The molecule has 0 unspecified atom stereocenters. The molecule has 0 saturated heterocycles. The second kappa shape index (κ2) is 9.45. The first-order valence-corrected chi connectivity index (χ1v) is 8.70. The van der Waals surface area contributed by atoms with Crippen LogP contribution in [0.15, 0.2) is 53.1 Å². The van der Waals surface area contributed by atoms with Gasteiger partial charge in [0.1, 0.15) is 11.6 Å². The Morgan fingerprint density at radius 3 is 2.48 bits per heavy atom. The van der Waals surface area contributed by atoms with E-state index in [2.05, 4.69) is 15.5 Å². The zero-order valence-electron chi connectivity index (χ0n) is 15.6. The van der Waals surface area contributed by atoms with Crippen molar-refractivity contribution in [3.8, 4) is 5.75 Å². The molecule has 0 bridgehead atoms. The molecule has 1 amide bonds. The molecular weight excluding hydrogens is 381 g/mol. The Kier molecular flexibility index (Phi) is 6.51. The topological polar surface area (TPSA) is 104 Å². The van der Waals surface area contributed by atoms with Crippen molar-refractivity contribution >= 4 is 11.9 Å². The van der Waals surface area contributed by atoms with Crippen LogP contribution in [0, 0.1) is 12.7 Å². The lowest BCUT2D eigenvalue weighted by atomic mass is 10.2. The Labute approximate surface area is 165 Å². The number of benzene rings is 2. The van der Waals surface area contributed by atoms with Gasteiger partial charge in [-0.2, -0.15) is 4.98 Å². The molecule has 0 spiro atoms. The predicted molar refractivity (Wildman–Crippen MR) is 98.3 cm³/mol. The maximum absolute atomic E-state index is 12.8. The Morgan fingerprint density at radius 1 is 1.10 bits per heavy atom. The molecule has 3 aromatic rings. The highest BCUT2D eigenvalue weighted by Crippen LogP contribution is 2.14. The minimum Gasteiger partial charge on any atom is -0.485 e. The van der Waals surface area contributed by atoms with Crippen molar-refractivity contribution in [2.45, 2.75) is 20.1 Å². The highest BCUT2D eigenvalue weighted by Gasteiger charge is 2.11. The average molecular weight is 399 g/mol. The number of nitrogens with one attached hydrogen (secondary N) is 1. The molecule has 1 heterocycles. The molecule has 3 rings (SSSR count). The quantitative estimate of drug-likeness (QED) is 0.581. The second-order valence-corrected chi connectivity index (χ2v) is 6.02. The maximum atomic E-state index is 12.8. The Balaban J connectivity index is 1.41. The van der Waals surface area contributed by atoms with Gasteiger partial charge >= 0.3 is 5.97 Å². The van der Waals surface area contributed by atoms with Crippen LogP contribution < -0.4 is 10.1 Å². The normalized spacial score (nSPS) is 10.4. The SMILES string of the molecule is Cc1nc(COc2ccc(C(=O)OCC(=O)NCc3ccc(F)cc3)cc2)no1. The van der Waals surface area contributed by atoms with E-state index in [4.69, 9.17) is 14.0 Å². The minimum atomic E-state index is -0.637. The molecule has 0 aliphatic carbocycles. The third-order valence-corrected chi connectivity index (χ3v) is 3.76. The summed E-state index contributed by atoms with van der Waals surface area (Å²) >= 11 is 0. The Morgan fingerprint density at radius 2 is 1.83 bits per heavy atom. The van der Waals surface area contributed by atoms with Crippen LogP contribution in [0.25, 0.3) is 0 Å². The molecule has 0 aliphatic rings. The first-order chi connectivity index (χ1) is 14.0. The van der Waals surface area contributed by atoms with E-state index in [0.717, 1.165) is 5.56 Å². The monoisotopic (exact) mass is 399 g/mol. The molecule has 1 N–H and O–H groups in total. The van der Waals surface area contributed by atoms with Crippen LogP contribution in [-0.4, -0.2) is 28.6 Å². The van der Waals surface area contributed by atoms with Crippen molar-refractivity contribution in [1.82, 2.24) is 15.5 Å². The van der Waals surface area contributed by atoms with Crippen LogP contribution in [-0.2, 0) is 22.7 Å². The smallest absolute Gasteiger partial charge is 0.338 e. The van der Waals surface area contributed by atoms with Crippen molar-refractivity contribution in [2.75, 3.05) is 6.61 Å². The van der Waals surface area contributed by atoms with Crippen molar-refractivity contribution in [3.05, 3.63) is 77.2 Å². The molecule has 0 radical (unpaired) electrons. The minimum absolute atomic E-state index is 0.134. The highest BCUT2D eigenvalue weighted by atomic mass is 19.1. The molecule has 0 atom stereocenters. The summed E-state index contributed by atoms with van der Waals surface area (Å²) in [6, 6.07) is 12.0. The summed E-state index contributed by atoms with van der Waals surface area (Å²) in [6.07, 6.45) is 0. The summed E-state index contributed by atoms with van der Waals surface area (Å²) in [6.45, 7) is 1.60. The van der Waals surface area contributed by atoms with Gasteiger partial charge in [0.05, 0.1) is 5.56 Å². The first-order valence-electron chi connectivity index (χ1n) is 8.70. The number of esters is 1. The number of aryl methyl sites for hydroxylation is 1. The predicted octanol–water partition coefficient (Wildman–Crippen LogP) is 2.57. The molecule has 2 aromatic carbocycles. The lowest BCUT2D eigenvalue weighted by Crippen LogP contribution is -2.28. The van der Waals surface area contributed by atoms with Crippen LogP contribution in [0.3, 0.4) is 0 Å². The highest BCUT2D eigenvalue weighted by molar-refractivity contribution is 5.91.